The van der Waals surface area contributed by atoms with Crippen LogP contribution in [0.15, 0.2) is 122 Å². The van der Waals surface area contributed by atoms with Crippen molar-refractivity contribution in [3.63, 3.8) is 0 Å². The molecular formula is C27H22ClNO2. The number of aromatic nitrogens is 1. The van der Waals surface area contributed by atoms with Gasteiger partial charge in [-0.25, -0.2) is 4.79 Å². The number of pyridine rings is 1. The van der Waals surface area contributed by atoms with E-state index in [2.05, 4.69) is 12.1 Å². The smallest absolute Gasteiger partial charge is 0.343 e. The Labute approximate surface area is 188 Å². The zero-order chi connectivity index (χ0) is 20.6. The zero-order valence-electron chi connectivity index (χ0n) is 16.8. The van der Waals surface area contributed by atoms with Gasteiger partial charge in [0.1, 0.15) is 0 Å². The van der Waals surface area contributed by atoms with Crippen molar-refractivity contribution in [2.45, 2.75) is 6.23 Å². The van der Waals surface area contributed by atoms with E-state index in [1.807, 2.05) is 108 Å². The van der Waals surface area contributed by atoms with E-state index >= 15 is 0 Å². The Morgan fingerprint density at radius 1 is 0.710 bits per heavy atom. The van der Waals surface area contributed by atoms with Crippen molar-refractivity contribution >= 4 is 12.0 Å². The Hall–Kier alpha value is -3.69. The number of benzene rings is 3. The van der Waals surface area contributed by atoms with Gasteiger partial charge < -0.3 is 17.1 Å². The lowest BCUT2D eigenvalue weighted by molar-refractivity contribution is -0.744. The molecule has 1 heterocycles. The van der Waals surface area contributed by atoms with Crippen LogP contribution in [0, 0.1) is 0 Å². The van der Waals surface area contributed by atoms with Crippen LogP contribution in [0.1, 0.15) is 22.1 Å². The molecule has 0 aliphatic heterocycles. The first-order valence-electron chi connectivity index (χ1n) is 9.85. The van der Waals surface area contributed by atoms with E-state index < -0.39 is 6.23 Å². The first-order valence-corrected chi connectivity index (χ1v) is 9.85. The summed E-state index contributed by atoms with van der Waals surface area (Å²) in [4.78, 5) is 12.7. The minimum atomic E-state index is -0.567. The monoisotopic (exact) mass is 427 g/mol. The molecule has 3 aromatic carbocycles. The number of nitrogens with zero attached hydrogens (tertiary/aromatic N) is 1. The Bertz CT molecular complexity index is 1110. The molecule has 0 spiro atoms. The van der Waals surface area contributed by atoms with Crippen molar-refractivity contribution in [2.75, 3.05) is 0 Å². The van der Waals surface area contributed by atoms with E-state index in [-0.39, 0.29) is 18.4 Å². The van der Waals surface area contributed by atoms with Crippen LogP contribution in [0.2, 0.25) is 0 Å². The molecule has 3 nitrogen and oxygen atoms in total. The topological polar surface area (TPSA) is 30.2 Å². The summed E-state index contributed by atoms with van der Waals surface area (Å²) >= 11 is 0. The summed E-state index contributed by atoms with van der Waals surface area (Å²) in [5, 5.41) is 0. The van der Waals surface area contributed by atoms with Gasteiger partial charge in [-0.05, 0) is 34.9 Å². The summed E-state index contributed by atoms with van der Waals surface area (Å²) in [6, 6.07) is 33.2. The summed E-state index contributed by atoms with van der Waals surface area (Å²) in [5.41, 5.74) is 3.81. The Morgan fingerprint density at radius 3 is 1.84 bits per heavy atom. The van der Waals surface area contributed by atoms with Gasteiger partial charge in [-0.2, -0.15) is 4.57 Å². The predicted molar refractivity (Wildman–Crippen MR) is 118 cm³/mol. The van der Waals surface area contributed by atoms with Crippen LogP contribution in [0.25, 0.3) is 17.2 Å². The molecule has 0 N–H and O–H groups in total. The van der Waals surface area contributed by atoms with Crippen molar-refractivity contribution < 1.29 is 26.5 Å². The number of rotatable bonds is 6. The van der Waals surface area contributed by atoms with Crippen molar-refractivity contribution in [2.24, 2.45) is 0 Å². The third-order valence-corrected chi connectivity index (χ3v) is 4.74. The maximum Gasteiger partial charge on any atom is 0.343 e. The second kappa shape index (κ2) is 10.9. The van der Waals surface area contributed by atoms with Gasteiger partial charge >= 0.3 is 12.2 Å². The summed E-state index contributed by atoms with van der Waals surface area (Å²) in [6.07, 6.45) is 7.14. The van der Waals surface area contributed by atoms with Crippen molar-refractivity contribution in [3.05, 3.63) is 133 Å². The number of carbonyl (C=O) groups excluding carboxylic acids is 1. The first-order chi connectivity index (χ1) is 14.8. The molecule has 0 fully saturated rings. The van der Waals surface area contributed by atoms with Crippen LogP contribution in [-0.2, 0) is 4.74 Å². The average molecular weight is 428 g/mol. The second-order valence-electron chi connectivity index (χ2n) is 6.83. The SMILES string of the molecule is O=C(OC(/C=C/c1ccccc1)[n+]1ccc(-c2ccccc2)cc1)c1ccccc1.[Cl-]. The summed E-state index contributed by atoms with van der Waals surface area (Å²) < 4.78 is 7.71. The van der Waals surface area contributed by atoms with Crippen molar-refractivity contribution in [3.8, 4) is 11.1 Å². The Morgan fingerprint density at radius 2 is 1.23 bits per heavy atom. The number of ether oxygens (including phenoxy) is 1. The fourth-order valence-corrected chi connectivity index (χ4v) is 3.14. The minimum absolute atomic E-state index is 0. The van der Waals surface area contributed by atoms with Crippen LogP contribution in [-0.4, -0.2) is 5.97 Å². The van der Waals surface area contributed by atoms with E-state index in [9.17, 15) is 4.79 Å². The van der Waals surface area contributed by atoms with Crippen LogP contribution in [0.4, 0.5) is 0 Å². The number of hydrogen-bond acceptors (Lipinski definition) is 2. The van der Waals surface area contributed by atoms with Crippen LogP contribution in [0.3, 0.4) is 0 Å². The number of carbonyl (C=O) groups is 1. The van der Waals surface area contributed by atoms with E-state index in [1.165, 1.54) is 0 Å². The van der Waals surface area contributed by atoms with Crippen LogP contribution >= 0.6 is 0 Å². The molecule has 0 aliphatic rings. The number of esters is 1. The predicted octanol–water partition coefficient (Wildman–Crippen LogP) is 2.71. The summed E-state index contributed by atoms with van der Waals surface area (Å²) in [6.45, 7) is 0. The highest BCUT2D eigenvalue weighted by Gasteiger charge is 2.21. The second-order valence-corrected chi connectivity index (χ2v) is 6.83. The molecular weight excluding hydrogens is 406 g/mol. The average Bonchev–Trinajstić information content (AvgIpc) is 2.83. The van der Waals surface area contributed by atoms with E-state index in [0.717, 1.165) is 16.7 Å². The highest BCUT2D eigenvalue weighted by Crippen LogP contribution is 2.18. The lowest BCUT2D eigenvalue weighted by atomic mass is 10.1. The Balaban J connectivity index is 0.00000272. The van der Waals surface area contributed by atoms with E-state index in [1.54, 1.807) is 12.1 Å². The maximum absolute atomic E-state index is 12.7. The van der Waals surface area contributed by atoms with Gasteiger partial charge in [-0.15, -0.1) is 0 Å². The quantitative estimate of drug-likeness (QED) is 0.350. The number of hydrogen-bond donors (Lipinski definition) is 0. The summed E-state index contributed by atoms with van der Waals surface area (Å²) in [7, 11) is 0. The van der Waals surface area contributed by atoms with E-state index in [4.69, 9.17) is 4.74 Å². The third-order valence-electron chi connectivity index (χ3n) is 4.74. The Kier molecular flexibility index (Phi) is 7.74. The molecule has 4 heteroatoms. The molecule has 1 atom stereocenters. The van der Waals surface area contributed by atoms with Gasteiger partial charge in [0.15, 0.2) is 12.4 Å². The first kappa shape index (κ1) is 22.0. The molecule has 0 amide bonds. The molecule has 0 bridgehead atoms. The largest absolute Gasteiger partial charge is 1.00 e. The van der Waals surface area contributed by atoms with Gasteiger partial charge in [0.25, 0.3) is 0 Å². The molecule has 154 valence electrons. The maximum atomic E-state index is 12.7. The van der Waals surface area contributed by atoms with Gasteiger partial charge in [0.05, 0.1) is 5.56 Å². The molecule has 31 heavy (non-hydrogen) atoms. The molecule has 4 rings (SSSR count). The summed E-state index contributed by atoms with van der Waals surface area (Å²) in [5.74, 6) is -0.363. The molecule has 0 radical (unpaired) electrons. The highest BCUT2D eigenvalue weighted by atomic mass is 35.5. The minimum Gasteiger partial charge on any atom is -1.00 e. The van der Waals surface area contributed by atoms with Gasteiger partial charge in [-0.1, -0.05) is 78.9 Å². The normalized spacial score (nSPS) is 11.5. The van der Waals surface area contributed by atoms with Gasteiger partial charge in [-0.3, -0.25) is 0 Å². The fourth-order valence-electron chi connectivity index (χ4n) is 3.14. The highest BCUT2D eigenvalue weighted by molar-refractivity contribution is 5.89. The van der Waals surface area contributed by atoms with Gasteiger partial charge in [0.2, 0.25) is 0 Å². The van der Waals surface area contributed by atoms with Crippen molar-refractivity contribution in [1.29, 1.82) is 0 Å². The molecule has 0 saturated carbocycles. The lowest BCUT2D eigenvalue weighted by Crippen LogP contribution is -3.00. The standard InChI is InChI=1S/C27H22NO2.ClH/c29-27(25-14-8-3-9-15-25)30-26(17-16-22-10-4-1-5-11-22)28-20-18-24(19-21-28)23-12-6-2-7-13-23;/h1-21,26H;1H/q+1;/p-1/b17-16+;. The molecule has 1 aromatic heterocycles. The lowest BCUT2D eigenvalue weighted by Gasteiger charge is -2.11. The molecule has 0 aliphatic carbocycles. The van der Waals surface area contributed by atoms with E-state index in [0.29, 0.717) is 5.56 Å². The molecule has 1 unspecified atom stereocenters. The number of halogens is 1. The van der Waals surface area contributed by atoms with Crippen molar-refractivity contribution in [1.82, 2.24) is 0 Å². The molecule has 0 saturated heterocycles. The zero-order valence-corrected chi connectivity index (χ0v) is 17.6. The van der Waals surface area contributed by atoms with Crippen LogP contribution < -0.4 is 17.0 Å². The molecule has 4 aromatic rings. The third kappa shape index (κ3) is 5.91. The van der Waals surface area contributed by atoms with Crippen LogP contribution in [0.5, 0.6) is 0 Å². The fraction of sp³-hybridized carbons (Fsp3) is 0.0370. The van der Waals surface area contributed by atoms with Gasteiger partial charge in [0, 0.05) is 18.2 Å².